The highest BCUT2D eigenvalue weighted by Gasteiger charge is 2.19. The van der Waals surface area contributed by atoms with Crippen molar-refractivity contribution >= 4 is 11.5 Å². The topological polar surface area (TPSA) is 75.3 Å². The molecule has 91 valence electrons. The molecule has 3 rings (SSSR count). The lowest BCUT2D eigenvalue weighted by Crippen LogP contribution is -2.38. The number of para-hydroxylation sites is 1. The first-order chi connectivity index (χ1) is 8.75. The molecule has 1 aromatic heterocycles. The molecule has 5 heteroatoms. The molecule has 0 spiro atoms. The molecule has 1 aromatic carbocycles. The lowest BCUT2D eigenvalue weighted by Gasteiger charge is -2.33. The Balaban J connectivity index is 2.05. The van der Waals surface area contributed by atoms with Crippen molar-refractivity contribution in [1.82, 2.24) is 10.2 Å². The highest BCUT2D eigenvalue weighted by molar-refractivity contribution is 5.74. The van der Waals surface area contributed by atoms with Crippen molar-refractivity contribution in [2.24, 2.45) is 0 Å². The summed E-state index contributed by atoms with van der Waals surface area (Å²) in [5, 5.41) is 17.8. The second-order valence-electron chi connectivity index (χ2n) is 4.21. The van der Waals surface area contributed by atoms with Crippen molar-refractivity contribution < 1.29 is 5.11 Å². The van der Waals surface area contributed by atoms with Crippen molar-refractivity contribution in [2.45, 2.75) is 0 Å². The van der Waals surface area contributed by atoms with Crippen LogP contribution in [0.1, 0.15) is 0 Å². The molecule has 3 N–H and O–H groups in total. The summed E-state index contributed by atoms with van der Waals surface area (Å²) in [6.45, 7) is 1.74. The molecule has 0 bridgehead atoms. The van der Waals surface area contributed by atoms with E-state index < -0.39 is 0 Å². The number of phenols is 1. The van der Waals surface area contributed by atoms with E-state index in [1.807, 2.05) is 18.2 Å². The standard InChI is InChI=1S/C13H13N4O/c14-13-11(17-6-3-7-17)8-10(15-16-13)9-4-1-2-5-12(9)18/h1-5,8,18H,6-7H2,(H2,14,16). The first-order valence-electron chi connectivity index (χ1n) is 5.74. The Hall–Kier alpha value is -2.30. The van der Waals surface area contributed by atoms with Gasteiger partial charge in [-0.2, -0.15) is 0 Å². The van der Waals surface area contributed by atoms with Crippen molar-refractivity contribution in [3.05, 3.63) is 36.8 Å². The first-order valence-corrected chi connectivity index (χ1v) is 5.74. The van der Waals surface area contributed by atoms with E-state index in [4.69, 9.17) is 5.73 Å². The molecular formula is C13H13N4O. The van der Waals surface area contributed by atoms with Crippen LogP contribution in [0.15, 0.2) is 30.3 Å². The molecule has 0 aliphatic carbocycles. The zero-order chi connectivity index (χ0) is 12.5. The Morgan fingerprint density at radius 1 is 1.17 bits per heavy atom. The normalized spacial score (nSPS) is 14.3. The zero-order valence-electron chi connectivity index (χ0n) is 9.74. The fourth-order valence-electron chi connectivity index (χ4n) is 1.92. The van der Waals surface area contributed by atoms with Crippen LogP contribution in [0.2, 0.25) is 0 Å². The highest BCUT2D eigenvalue weighted by atomic mass is 16.3. The summed E-state index contributed by atoms with van der Waals surface area (Å²) in [6.07, 6.45) is 2.15. The second-order valence-corrected chi connectivity index (χ2v) is 4.21. The van der Waals surface area contributed by atoms with E-state index in [9.17, 15) is 5.11 Å². The van der Waals surface area contributed by atoms with Gasteiger partial charge in [0, 0.05) is 25.1 Å². The number of rotatable bonds is 2. The Kier molecular flexibility index (Phi) is 2.51. The van der Waals surface area contributed by atoms with Crippen LogP contribution in [0.5, 0.6) is 5.75 Å². The number of nitrogens with two attached hydrogens (primary N) is 1. The first kappa shape index (κ1) is 10.8. The Morgan fingerprint density at radius 2 is 1.94 bits per heavy atom. The molecular weight excluding hydrogens is 228 g/mol. The number of aromatic nitrogens is 2. The van der Waals surface area contributed by atoms with Gasteiger partial charge in [0.1, 0.15) is 5.75 Å². The van der Waals surface area contributed by atoms with Gasteiger partial charge in [-0.05, 0) is 18.2 Å². The molecule has 18 heavy (non-hydrogen) atoms. The van der Waals surface area contributed by atoms with Crippen LogP contribution in [0.3, 0.4) is 0 Å². The summed E-state index contributed by atoms with van der Waals surface area (Å²) >= 11 is 0. The molecule has 2 heterocycles. The van der Waals surface area contributed by atoms with Gasteiger partial charge in [0.15, 0.2) is 5.82 Å². The van der Waals surface area contributed by atoms with E-state index in [0.717, 1.165) is 18.8 Å². The average molecular weight is 241 g/mol. The molecule has 1 saturated heterocycles. The second kappa shape index (κ2) is 4.18. The molecule has 0 atom stereocenters. The van der Waals surface area contributed by atoms with Gasteiger partial charge in [0.25, 0.3) is 0 Å². The van der Waals surface area contributed by atoms with Gasteiger partial charge in [-0.25, -0.2) is 0 Å². The van der Waals surface area contributed by atoms with Crippen molar-refractivity contribution in [3.63, 3.8) is 0 Å². The summed E-state index contributed by atoms with van der Waals surface area (Å²) in [4.78, 5) is 2.10. The zero-order valence-corrected chi connectivity index (χ0v) is 9.74. The fourth-order valence-corrected chi connectivity index (χ4v) is 1.92. The lowest BCUT2D eigenvalue weighted by molar-refractivity contribution is 0.477. The SMILES string of the molecule is Nc1nnc(-c2ccccc2O)cc1N1C[CH]C1. The lowest BCUT2D eigenvalue weighted by atomic mass is 10.1. The minimum atomic E-state index is 0.192. The van der Waals surface area contributed by atoms with Crippen LogP contribution in [-0.4, -0.2) is 28.4 Å². The van der Waals surface area contributed by atoms with Gasteiger partial charge in [-0.1, -0.05) is 12.1 Å². The van der Waals surface area contributed by atoms with Gasteiger partial charge in [0.2, 0.25) is 0 Å². The minimum Gasteiger partial charge on any atom is -0.507 e. The largest absolute Gasteiger partial charge is 0.507 e. The number of hydrogen-bond donors (Lipinski definition) is 2. The van der Waals surface area contributed by atoms with Gasteiger partial charge in [-0.15, -0.1) is 10.2 Å². The van der Waals surface area contributed by atoms with Gasteiger partial charge >= 0.3 is 0 Å². The fraction of sp³-hybridized carbons (Fsp3) is 0.154. The number of phenolic OH excluding ortho intramolecular Hbond substituents is 1. The number of anilines is 2. The maximum absolute atomic E-state index is 9.82. The summed E-state index contributed by atoms with van der Waals surface area (Å²) in [5.41, 5.74) is 7.98. The van der Waals surface area contributed by atoms with E-state index in [0.29, 0.717) is 17.1 Å². The number of nitrogens with zero attached hydrogens (tertiary/aromatic N) is 3. The Morgan fingerprint density at radius 3 is 2.61 bits per heavy atom. The van der Waals surface area contributed by atoms with Gasteiger partial charge < -0.3 is 15.7 Å². The minimum absolute atomic E-state index is 0.192. The van der Waals surface area contributed by atoms with E-state index in [1.54, 1.807) is 12.1 Å². The van der Waals surface area contributed by atoms with Crippen molar-refractivity contribution in [1.29, 1.82) is 0 Å². The third kappa shape index (κ3) is 1.73. The summed E-state index contributed by atoms with van der Waals surface area (Å²) in [7, 11) is 0. The van der Waals surface area contributed by atoms with E-state index in [-0.39, 0.29) is 5.75 Å². The van der Waals surface area contributed by atoms with Gasteiger partial charge in [-0.3, -0.25) is 0 Å². The quantitative estimate of drug-likeness (QED) is 0.832. The molecule has 1 aliphatic rings. The number of hydrogen-bond acceptors (Lipinski definition) is 5. The maximum Gasteiger partial charge on any atom is 0.169 e. The van der Waals surface area contributed by atoms with Crippen LogP contribution in [0.4, 0.5) is 11.5 Å². The van der Waals surface area contributed by atoms with E-state index >= 15 is 0 Å². The molecule has 1 radical (unpaired) electrons. The predicted octanol–water partition coefficient (Wildman–Crippen LogP) is 1.46. The number of aromatic hydroxyl groups is 1. The molecule has 1 fully saturated rings. The van der Waals surface area contributed by atoms with Crippen molar-refractivity contribution in [3.8, 4) is 17.0 Å². The van der Waals surface area contributed by atoms with Crippen molar-refractivity contribution in [2.75, 3.05) is 23.7 Å². The Bertz CT molecular complexity index is 581. The average Bonchev–Trinajstić information content (AvgIpc) is 2.31. The monoisotopic (exact) mass is 241 g/mol. The summed E-state index contributed by atoms with van der Waals surface area (Å²) in [5.74, 6) is 0.611. The van der Waals surface area contributed by atoms with Crippen LogP contribution in [0, 0.1) is 6.42 Å². The molecule has 1 aliphatic heterocycles. The molecule has 2 aromatic rings. The van der Waals surface area contributed by atoms with Gasteiger partial charge in [0.05, 0.1) is 11.4 Å². The smallest absolute Gasteiger partial charge is 0.169 e. The highest BCUT2D eigenvalue weighted by Crippen LogP contribution is 2.32. The molecule has 0 saturated carbocycles. The molecule has 5 nitrogen and oxygen atoms in total. The third-order valence-corrected chi connectivity index (χ3v) is 3.02. The number of benzene rings is 1. The van der Waals surface area contributed by atoms with E-state index in [1.165, 1.54) is 0 Å². The van der Waals surface area contributed by atoms with Crippen LogP contribution in [-0.2, 0) is 0 Å². The molecule has 0 unspecified atom stereocenters. The third-order valence-electron chi connectivity index (χ3n) is 3.02. The van der Waals surface area contributed by atoms with E-state index in [2.05, 4.69) is 21.5 Å². The molecule has 0 amide bonds. The predicted molar refractivity (Wildman–Crippen MR) is 70.1 cm³/mol. The van der Waals surface area contributed by atoms with Crippen LogP contribution >= 0.6 is 0 Å². The maximum atomic E-state index is 9.82. The summed E-state index contributed by atoms with van der Waals surface area (Å²) in [6, 6.07) is 8.93. The number of nitrogen functional groups attached to an aromatic ring is 1. The van der Waals surface area contributed by atoms with Crippen LogP contribution < -0.4 is 10.6 Å². The Labute approximate surface area is 105 Å². The summed E-state index contributed by atoms with van der Waals surface area (Å²) < 4.78 is 0. The van der Waals surface area contributed by atoms with Crippen LogP contribution in [0.25, 0.3) is 11.3 Å².